The maximum atomic E-state index is 14.4. The van der Waals surface area contributed by atoms with Gasteiger partial charge in [-0.2, -0.15) is 0 Å². The number of benzene rings is 2. The summed E-state index contributed by atoms with van der Waals surface area (Å²) < 4.78 is 21.7. The molecule has 1 fully saturated rings. The quantitative estimate of drug-likeness (QED) is 0.659. The molecule has 1 aliphatic rings. The maximum Gasteiger partial charge on any atom is 0.126 e. The Morgan fingerprint density at radius 1 is 1.15 bits per heavy atom. The second-order valence-corrected chi connectivity index (χ2v) is 8.36. The van der Waals surface area contributed by atoms with E-state index in [1.165, 1.54) is 10.1 Å². The minimum atomic E-state index is -0.173. The van der Waals surface area contributed by atoms with Crippen molar-refractivity contribution in [2.24, 2.45) is 5.92 Å². The second-order valence-electron chi connectivity index (χ2n) is 7.19. The Balaban J connectivity index is 1.61. The first-order chi connectivity index (χ1) is 12.6. The Morgan fingerprint density at radius 2 is 2.00 bits per heavy atom. The van der Waals surface area contributed by atoms with Crippen LogP contribution in [0.25, 0.3) is 10.1 Å². The van der Waals surface area contributed by atoms with Crippen LogP contribution in [-0.4, -0.2) is 17.8 Å². The molecule has 1 saturated heterocycles. The highest BCUT2D eigenvalue weighted by Crippen LogP contribution is 2.37. The normalized spacial score (nSPS) is 23.4. The lowest BCUT2D eigenvalue weighted by Crippen LogP contribution is -2.30. The van der Waals surface area contributed by atoms with Crippen LogP contribution in [0.2, 0.25) is 0 Å². The van der Waals surface area contributed by atoms with Crippen LogP contribution in [0.4, 0.5) is 4.39 Å². The van der Waals surface area contributed by atoms with Gasteiger partial charge < -0.3 is 9.84 Å². The molecule has 4 rings (SSSR count). The van der Waals surface area contributed by atoms with Crippen molar-refractivity contribution in [1.82, 2.24) is 0 Å². The van der Waals surface area contributed by atoms with E-state index in [1.807, 2.05) is 24.3 Å². The third kappa shape index (κ3) is 3.54. The molecule has 136 valence electrons. The number of fused-ring (bicyclic) bond motifs is 1. The Labute approximate surface area is 157 Å². The minimum absolute atomic E-state index is 0.0407. The summed E-state index contributed by atoms with van der Waals surface area (Å²) in [4.78, 5) is 1.16. The van der Waals surface area contributed by atoms with Crippen LogP contribution in [0.1, 0.15) is 41.9 Å². The number of halogens is 1. The van der Waals surface area contributed by atoms with Crippen molar-refractivity contribution in [3.8, 4) is 0 Å². The van der Waals surface area contributed by atoms with Gasteiger partial charge in [0, 0.05) is 16.0 Å². The number of aliphatic hydroxyl groups is 1. The van der Waals surface area contributed by atoms with Crippen molar-refractivity contribution >= 4 is 21.4 Å². The van der Waals surface area contributed by atoms with Crippen LogP contribution >= 0.6 is 11.3 Å². The zero-order valence-corrected chi connectivity index (χ0v) is 15.6. The van der Waals surface area contributed by atoms with Crippen LogP contribution in [0.3, 0.4) is 0 Å². The van der Waals surface area contributed by atoms with E-state index in [9.17, 15) is 9.50 Å². The Bertz CT molecular complexity index is 871. The highest BCUT2D eigenvalue weighted by molar-refractivity contribution is 7.19. The van der Waals surface area contributed by atoms with E-state index in [4.69, 9.17) is 4.74 Å². The molecule has 1 aromatic heterocycles. The van der Waals surface area contributed by atoms with E-state index in [0.717, 1.165) is 23.3 Å². The number of thiophene rings is 1. The van der Waals surface area contributed by atoms with Gasteiger partial charge in [-0.1, -0.05) is 31.2 Å². The molecular formula is C22H23FO2S. The molecule has 2 aromatic carbocycles. The monoisotopic (exact) mass is 370 g/mol. The summed E-state index contributed by atoms with van der Waals surface area (Å²) in [7, 11) is 0. The summed E-state index contributed by atoms with van der Waals surface area (Å²) in [6, 6.07) is 15.7. The summed E-state index contributed by atoms with van der Waals surface area (Å²) in [6.45, 7) is 2.20. The first-order valence-corrected chi connectivity index (χ1v) is 9.98. The van der Waals surface area contributed by atoms with Crippen molar-refractivity contribution < 1.29 is 14.2 Å². The number of hydrogen-bond donors (Lipinski definition) is 1. The van der Waals surface area contributed by atoms with Crippen molar-refractivity contribution in [2.75, 3.05) is 6.61 Å². The highest BCUT2D eigenvalue weighted by Gasteiger charge is 2.29. The fraction of sp³-hybridized carbons (Fsp3) is 0.364. The first kappa shape index (κ1) is 17.7. The van der Waals surface area contributed by atoms with Crippen molar-refractivity contribution in [2.45, 2.75) is 38.4 Å². The van der Waals surface area contributed by atoms with E-state index < -0.39 is 0 Å². The Morgan fingerprint density at radius 3 is 2.81 bits per heavy atom. The third-order valence-corrected chi connectivity index (χ3v) is 6.36. The van der Waals surface area contributed by atoms with Crippen molar-refractivity contribution in [1.29, 1.82) is 0 Å². The van der Waals surface area contributed by atoms with E-state index in [-0.39, 0.29) is 24.6 Å². The van der Waals surface area contributed by atoms with Gasteiger partial charge in [-0.25, -0.2) is 4.39 Å². The number of aliphatic hydroxyl groups excluding tert-OH is 1. The molecule has 3 unspecified atom stereocenters. The minimum Gasteiger partial charge on any atom is -0.394 e. The molecule has 1 N–H and O–H groups in total. The van der Waals surface area contributed by atoms with E-state index >= 15 is 0 Å². The maximum absolute atomic E-state index is 14.4. The molecule has 0 bridgehead atoms. The fourth-order valence-electron chi connectivity index (χ4n) is 3.77. The largest absolute Gasteiger partial charge is 0.394 e. The molecule has 0 aliphatic carbocycles. The third-order valence-electron chi connectivity index (χ3n) is 5.24. The molecule has 0 saturated carbocycles. The van der Waals surface area contributed by atoms with Gasteiger partial charge in [0.1, 0.15) is 5.82 Å². The summed E-state index contributed by atoms with van der Waals surface area (Å²) in [5.74, 6) is 0.189. The summed E-state index contributed by atoms with van der Waals surface area (Å²) in [5, 5.41) is 10.6. The first-order valence-electron chi connectivity index (χ1n) is 9.16. The average Bonchev–Trinajstić information content (AvgIpc) is 3.06. The predicted octanol–water partition coefficient (Wildman–Crippen LogP) is 5.48. The van der Waals surface area contributed by atoms with Crippen LogP contribution < -0.4 is 0 Å². The van der Waals surface area contributed by atoms with Crippen LogP contribution in [0.15, 0.2) is 48.5 Å². The zero-order chi connectivity index (χ0) is 18.1. The molecule has 4 heteroatoms. The summed E-state index contributed by atoms with van der Waals surface area (Å²) in [6.07, 6.45) is 2.28. The molecule has 26 heavy (non-hydrogen) atoms. The van der Waals surface area contributed by atoms with Gasteiger partial charge in [-0.15, -0.1) is 11.3 Å². The van der Waals surface area contributed by atoms with E-state index in [2.05, 4.69) is 25.1 Å². The van der Waals surface area contributed by atoms with Gasteiger partial charge in [0.15, 0.2) is 0 Å². The topological polar surface area (TPSA) is 29.5 Å². The lowest BCUT2D eigenvalue weighted by molar-refractivity contribution is -0.0992. The fourth-order valence-corrected chi connectivity index (χ4v) is 4.86. The van der Waals surface area contributed by atoms with Crippen molar-refractivity contribution in [3.05, 3.63) is 70.4 Å². The van der Waals surface area contributed by atoms with Gasteiger partial charge in [0.05, 0.1) is 18.8 Å². The SMILES string of the molecule is CC1CCC(CO)OC1c1ccc(F)c(Cc2cc3ccccc3s2)c1. The summed E-state index contributed by atoms with van der Waals surface area (Å²) >= 11 is 1.72. The number of rotatable bonds is 4. The molecule has 3 aromatic rings. The molecule has 2 heterocycles. The van der Waals surface area contributed by atoms with Gasteiger partial charge >= 0.3 is 0 Å². The Hall–Kier alpha value is -1.75. The number of hydrogen-bond acceptors (Lipinski definition) is 3. The second kappa shape index (κ2) is 7.47. The molecule has 1 aliphatic heterocycles. The predicted molar refractivity (Wildman–Crippen MR) is 104 cm³/mol. The van der Waals surface area contributed by atoms with Gasteiger partial charge in [0.2, 0.25) is 0 Å². The molecular weight excluding hydrogens is 347 g/mol. The smallest absolute Gasteiger partial charge is 0.126 e. The number of ether oxygens (including phenoxy) is 1. The standard InChI is InChI=1S/C22H23FO2S/c1-14-6-8-18(13-24)25-22(14)16-7-9-20(23)17(10-16)12-19-11-15-4-2-3-5-21(15)26-19/h2-5,7,9-11,14,18,22,24H,6,8,12-13H2,1H3. The molecule has 2 nitrogen and oxygen atoms in total. The molecule has 3 atom stereocenters. The van der Waals surface area contributed by atoms with Crippen LogP contribution in [-0.2, 0) is 11.2 Å². The molecule has 0 spiro atoms. The molecule has 0 radical (unpaired) electrons. The highest BCUT2D eigenvalue weighted by atomic mass is 32.1. The lowest BCUT2D eigenvalue weighted by atomic mass is 9.88. The van der Waals surface area contributed by atoms with Gasteiger partial charge in [0.25, 0.3) is 0 Å². The Kier molecular flexibility index (Phi) is 5.07. The van der Waals surface area contributed by atoms with Crippen molar-refractivity contribution in [3.63, 3.8) is 0 Å². The summed E-state index contributed by atoms with van der Waals surface area (Å²) in [5.41, 5.74) is 1.71. The van der Waals surface area contributed by atoms with E-state index in [1.54, 1.807) is 17.4 Å². The van der Waals surface area contributed by atoms with Gasteiger partial charge in [-0.3, -0.25) is 0 Å². The van der Waals surface area contributed by atoms with Gasteiger partial charge in [-0.05, 0) is 59.5 Å². The zero-order valence-electron chi connectivity index (χ0n) is 14.8. The van der Waals surface area contributed by atoms with Crippen LogP contribution in [0.5, 0.6) is 0 Å². The van der Waals surface area contributed by atoms with Crippen LogP contribution in [0, 0.1) is 11.7 Å². The molecule has 0 amide bonds. The lowest BCUT2D eigenvalue weighted by Gasteiger charge is -2.34. The van der Waals surface area contributed by atoms with E-state index in [0.29, 0.717) is 17.9 Å². The average molecular weight is 370 g/mol.